The maximum atomic E-state index is 12.9. The fraction of sp³-hybridized carbons (Fsp3) is 0.467. The summed E-state index contributed by atoms with van der Waals surface area (Å²) in [6.45, 7) is 0.237. The standard InChI is InChI=1S/C15H20N6O4S/c1-20(2)26(24,25)9-10-7-21(8-13(10)22)15(23)12-6-4-3-5-11(12)14-16-18-19-17-14/h3-6,10,13,22H,7-9H2,1-2H3,(H,16,17,18,19)/t10-,13+/m0/s1. The van der Waals surface area contributed by atoms with Crippen molar-refractivity contribution in [2.24, 2.45) is 5.92 Å². The summed E-state index contributed by atoms with van der Waals surface area (Å²) in [5.74, 6) is -0.768. The normalized spacial score (nSPS) is 20.7. The second kappa shape index (κ2) is 7.09. The van der Waals surface area contributed by atoms with Gasteiger partial charge < -0.3 is 10.0 Å². The Hall–Kier alpha value is -2.37. The van der Waals surface area contributed by atoms with Crippen molar-refractivity contribution in [1.29, 1.82) is 0 Å². The van der Waals surface area contributed by atoms with E-state index < -0.39 is 22.0 Å². The van der Waals surface area contributed by atoms with Crippen LogP contribution in [-0.2, 0) is 10.0 Å². The molecule has 1 aromatic carbocycles. The second-order valence-electron chi connectivity index (χ2n) is 6.38. The number of tetrazole rings is 1. The molecule has 1 aromatic heterocycles. The Labute approximate surface area is 150 Å². The van der Waals surface area contributed by atoms with Gasteiger partial charge >= 0.3 is 0 Å². The lowest BCUT2D eigenvalue weighted by atomic mass is 10.1. The van der Waals surface area contributed by atoms with E-state index in [1.165, 1.54) is 19.0 Å². The number of rotatable bonds is 5. The van der Waals surface area contributed by atoms with Crippen molar-refractivity contribution in [1.82, 2.24) is 29.8 Å². The van der Waals surface area contributed by atoms with Gasteiger partial charge in [0.25, 0.3) is 5.91 Å². The molecule has 0 bridgehead atoms. The van der Waals surface area contributed by atoms with Crippen LogP contribution in [-0.4, -0.2) is 88.3 Å². The highest BCUT2D eigenvalue weighted by Gasteiger charge is 2.38. The third kappa shape index (κ3) is 3.59. The molecule has 140 valence electrons. The zero-order chi connectivity index (χ0) is 18.9. The highest BCUT2D eigenvalue weighted by Crippen LogP contribution is 2.25. The van der Waals surface area contributed by atoms with Crippen molar-refractivity contribution < 1.29 is 18.3 Å². The molecule has 0 aliphatic carbocycles. The van der Waals surface area contributed by atoms with Crippen LogP contribution in [0.5, 0.6) is 0 Å². The first-order valence-electron chi connectivity index (χ1n) is 8.00. The number of aliphatic hydroxyl groups is 1. The van der Waals surface area contributed by atoms with Crippen molar-refractivity contribution in [3.05, 3.63) is 29.8 Å². The third-order valence-corrected chi connectivity index (χ3v) is 6.38. The summed E-state index contributed by atoms with van der Waals surface area (Å²) in [6, 6.07) is 6.83. The van der Waals surface area contributed by atoms with Gasteiger partial charge in [0.1, 0.15) is 0 Å². The number of hydrogen-bond acceptors (Lipinski definition) is 7. The number of hydrogen-bond donors (Lipinski definition) is 2. The lowest BCUT2D eigenvalue weighted by molar-refractivity contribution is 0.0765. The maximum absolute atomic E-state index is 12.9. The lowest BCUT2D eigenvalue weighted by Gasteiger charge is -2.18. The molecule has 0 saturated carbocycles. The van der Waals surface area contributed by atoms with E-state index in [1.807, 2.05) is 0 Å². The number of aromatic amines is 1. The quantitative estimate of drug-likeness (QED) is 0.693. The van der Waals surface area contributed by atoms with Crippen LogP contribution < -0.4 is 0 Å². The SMILES string of the molecule is CN(C)S(=O)(=O)C[C@@H]1CN(C(=O)c2ccccc2-c2nn[nH]n2)C[C@H]1O. The van der Waals surface area contributed by atoms with Gasteiger partial charge in [0.15, 0.2) is 0 Å². The van der Waals surface area contributed by atoms with Crippen molar-refractivity contribution >= 4 is 15.9 Å². The fourth-order valence-electron chi connectivity index (χ4n) is 2.91. The average Bonchev–Trinajstić information content (AvgIpc) is 3.24. The Bertz CT molecular complexity index is 883. The zero-order valence-corrected chi connectivity index (χ0v) is 15.2. The molecule has 0 radical (unpaired) electrons. The molecule has 3 rings (SSSR count). The molecular formula is C15H20N6O4S. The van der Waals surface area contributed by atoms with Gasteiger partial charge in [-0.25, -0.2) is 12.7 Å². The monoisotopic (exact) mass is 380 g/mol. The topological polar surface area (TPSA) is 132 Å². The molecule has 0 spiro atoms. The molecule has 2 aromatic rings. The number of β-amino-alcohol motifs (C(OH)–C–C–N with tert-alkyl or cyclic N) is 1. The van der Waals surface area contributed by atoms with E-state index in [4.69, 9.17) is 0 Å². The molecule has 2 atom stereocenters. The van der Waals surface area contributed by atoms with Crippen LogP contribution in [0.2, 0.25) is 0 Å². The Kier molecular flexibility index (Phi) is 5.03. The summed E-state index contributed by atoms with van der Waals surface area (Å²) in [4.78, 5) is 14.4. The van der Waals surface area contributed by atoms with Gasteiger partial charge in [0.05, 0.1) is 17.4 Å². The first kappa shape index (κ1) is 18.4. The van der Waals surface area contributed by atoms with Crippen molar-refractivity contribution in [3.8, 4) is 11.4 Å². The molecule has 1 saturated heterocycles. The molecule has 11 heteroatoms. The van der Waals surface area contributed by atoms with Crippen LogP contribution in [0.25, 0.3) is 11.4 Å². The first-order chi connectivity index (χ1) is 12.3. The predicted octanol–water partition coefficient (Wildman–Crippen LogP) is -0.809. The van der Waals surface area contributed by atoms with Crippen LogP contribution >= 0.6 is 0 Å². The molecular weight excluding hydrogens is 360 g/mol. The number of aromatic nitrogens is 4. The molecule has 26 heavy (non-hydrogen) atoms. The minimum Gasteiger partial charge on any atom is -0.391 e. The number of carbonyl (C=O) groups is 1. The first-order valence-corrected chi connectivity index (χ1v) is 9.61. The molecule has 1 aliphatic heterocycles. The van der Waals surface area contributed by atoms with Gasteiger partial charge in [-0.05, 0) is 11.3 Å². The van der Waals surface area contributed by atoms with Crippen molar-refractivity contribution in [2.75, 3.05) is 32.9 Å². The van der Waals surface area contributed by atoms with E-state index in [0.29, 0.717) is 17.0 Å². The van der Waals surface area contributed by atoms with E-state index in [1.54, 1.807) is 24.3 Å². The zero-order valence-electron chi connectivity index (χ0n) is 14.4. The summed E-state index contributed by atoms with van der Waals surface area (Å²) in [5, 5.41) is 23.9. The number of H-pyrrole nitrogens is 1. The minimum absolute atomic E-state index is 0.0764. The van der Waals surface area contributed by atoms with Gasteiger partial charge in [-0.2, -0.15) is 5.21 Å². The number of likely N-dealkylation sites (tertiary alicyclic amines) is 1. The highest BCUT2D eigenvalue weighted by atomic mass is 32.2. The minimum atomic E-state index is -3.47. The van der Waals surface area contributed by atoms with Gasteiger partial charge in [-0.15, -0.1) is 10.2 Å². The highest BCUT2D eigenvalue weighted by molar-refractivity contribution is 7.89. The van der Waals surface area contributed by atoms with Crippen LogP contribution in [0.3, 0.4) is 0 Å². The van der Waals surface area contributed by atoms with Gasteiger partial charge in [0.2, 0.25) is 15.8 Å². The molecule has 2 heterocycles. The van der Waals surface area contributed by atoms with E-state index >= 15 is 0 Å². The number of nitrogens with one attached hydrogen (secondary N) is 1. The number of sulfonamides is 1. The van der Waals surface area contributed by atoms with Crippen LogP contribution in [0.15, 0.2) is 24.3 Å². The number of amides is 1. The van der Waals surface area contributed by atoms with Gasteiger partial charge in [0, 0.05) is 38.7 Å². The number of nitrogens with zero attached hydrogens (tertiary/aromatic N) is 5. The van der Waals surface area contributed by atoms with E-state index in [9.17, 15) is 18.3 Å². The largest absolute Gasteiger partial charge is 0.391 e. The maximum Gasteiger partial charge on any atom is 0.254 e. The summed E-state index contributed by atoms with van der Waals surface area (Å²) < 4.78 is 25.3. The predicted molar refractivity (Wildman–Crippen MR) is 92.5 cm³/mol. The number of aliphatic hydroxyl groups excluding tert-OH is 1. The average molecular weight is 380 g/mol. The smallest absolute Gasteiger partial charge is 0.254 e. The van der Waals surface area contributed by atoms with E-state index in [-0.39, 0.29) is 24.7 Å². The molecule has 1 fully saturated rings. The third-order valence-electron chi connectivity index (χ3n) is 4.42. The van der Waals surface area contributed by atoms with Gasteiger partial charge in [-0.3, -0.25) is 4.79 Å². The number of carbonyl (C=O) groups excluding carboxylic acids is 1. The van der Waals surface area contributed by atoms with E-state index in [0.717, 1.165) is 4.31 Å². The summed E-state index contributed by atoms with van der Waals surface area (Å²) in [5.41, 5.74) is 0.891. The Morgan fingerprint density at radius 3 is 2.73 bits per heavy atom. The van der Waals surface area contributed by atoms with Crippen molar-refractivity contribution in [3.63, 3.8) is 0 Å². The Balaban J connectivity index is 1.80. The van der Waals surface area contributed by atoms with E-state index in [2.05, 4.69) is 20.6 Å². The fourth-order valence-corrected chi connectivity index (χ4v) is 4.08. The number of benzene rings is 1. The summed E-state index contributed by atoms with van der Waals surface area (Å²) in [6.07, 6.45) is -0.897. The summed E-state index contributed by atoms with van der Waals surface area (Å²) in [7, 11) is -0.579. The molecule has 1 amide bonds. The summed E-state index contributed by atoms with van der Waals surface area (Å²) >= 11 is 0. The van der Waals surface area contributed by atoms with Crippen molar-refractivity contribution in [2.45, 2.75) is 6.10 Å². The van der Waals surface area contributed by atoms with Crippen LogP contribution in [0.1, 0.15) is 10.4 Å². The molecule has 0 unspecified atom stereocenters. The molecule has 1 aliphatic rings. The second-order valence-corrected chi connectivity index (χ2v) is 8.61. The van der Waals surface area contributed by atoms with Gasteiger partial charge in [-0.1, -0.05) is 18.2 Å². The Morgan fingerprint density at radius 1 is 1.35 bits per heavy atom. The molecule has 10 nitrogen and oxygen atoms in total. The van der Waals surface area contributed by atoms with Crippen LogP contribution in [0.4, 0.5) is 0 Å². The molecule has 2 N–H and O–H groups in total. The lowest BCUT2D eigenvalue weighted by Crippen LogP contribution is -2.33. The van der Waals surface area contributed by atoms with Crippen LogP contribution in [0, 0.1) is 5.92 Å². The Morgan fingerprint density at radius 2 is 2.08 bits per heavy atom.